The van der Waals surface area contributed by atoms with Crippen molar-refractivity contribution in [1.82, 2.24) is 9.80 Å². The number of β-amino-alcohol motifs (C(OH)–C–C–N with tert-alkyl or cyclic N) is 1. The van der Waals surface area contributed by atoms with Crippen LogP contribution in [0.2, 0.25) is 5.02 Å². The van der Waals surface area contributed by atoms with Crippen LogP contribution in [-0.2, 0) is 16.1 Å². The summed E-state index contributed by atoms with van der Waals surface area (Å²) < 4.78 is 0. The van der Waals surface area contributed by atoms with Gasteiger partial charge in [0, 0.05) is 32.1 Å². The zero-order valence-electron chi connectivity index (χ0n) is 12.9. The number of benzene rings is 1. The second kappa shape index (κ2) is 6.67. The van der Waals surface area contributed by atoms with E-state index in [1.165, 1.54) is 16.7 Å². The van der Waals surface area contributed by atoms with E-state index >= 15 is 0 Å². The Balaban J connectivity index is 2.09. The number of hydrogen-bond acceptors (Lipinski definition) is 3. The lowest BCUT2D eigenvalue weighted by Gasteiger charge is -2.39. The third kappa shape index (κ3) is 3.59. The van der Waals surface area contributed by atoms with E-state index in [1.54, 1.807) is 13.1 Å². The lowest BCUT2D eigenvalue weighted by Crippen LogP contribution is -2.58. The molecule has 0 saturated carbocycles. The van der Waals surface area contributed by atoms with Gasteiger partial charge in [0.1, 0.15) is 0 Å². The SMILES string of the molecule is CC(=O)N1CCCC(O)(C(=O)N(C)Cc2ccccc2Cl)C1. The molecule has 1 N–H and O–H groups in total. The number of carbonyl (C=O) groups is 2. The first kappa shape index (κ1) is 16.8. The molecular weight excluding hydrogens is 304 g/mol. The molecule has 1 saturated heterocycles. The van der Waals surface area contributed by atoms with E-state index in [2.05, 4.69) is 0 Å². The number of piperidine rings is 1. The molecule has 2 amide bonds. The van der Waals surface area contributed by atoms with Crippen LogP contribution in [0.4, 0.5) is 0 Å². The minimum atomic E-state index is -1.51. The van der Waals surface area contributed by atoms with Gasteiger partial charge in [-0.3, -0.25) is 9.59 Å². The Kier molecular flexibility index (Phi) is 5.08. The predicted molar refractivity (Wildman–Crippen MR) is 84.4 cm³/mol. The normalized spacial score (nSPS) is 21.5. The van der Waals surface area contributed by atoms with Crippen LogP contribution in [0.3, 0.4) is 0 Å². The average Bonchev–Trinajstić information content (AvgIpc) is 2.48. The van der Waals surface area contributed by atoms with Crippen molar-refractivity contribution < 1.29 is 14.7 Å². The van der Waals surface area contributed by atoms with Crippen molar-refractivity contribution in [3.63, 3.8) is 0 Å². The van der Waals surface area contributed by atoms with E-state index < -0.39 is 5.60 Å². The second-order valence-electron chi connectivity index (χ2n) is 5.83. The summed E-state index contributed by atoms with van der Waals surface area (Å²) in [5.74, 6) is -0.502. The minimum Gasteiger partial charge on any atom is -0.378 e. The van der Waals surface area contributed by atoms with Gasteiger partial charge < -0.3 is 14.9 Å². The highest BCUT2D eigenvalue weighted by molar-refractivity contribution is 6.31. The Morgan fingerprint density at radius 2 is 2.09 bits per heavy atom. The Labute approximate surface area is 135 Å². The number of amides is 2. The fourth-order valence-electron chi connectivity index (χ4n) is 2.79. The van der Waals surface area contributed by atoms with Crippen molar-refractivity contribution in [1.29, 1.82) is 0 Å². The molecule has 2 rings (SSSR count). The van der Waals surface area contributed by atoms with E-state index in [-0.39, 0.29) is 18.4 Å². The number of likely N-dealkylation sites (tertiary alicyclic amines) is 1. The van der Waals surface area contributed by atoms with Crippen LogP contribution in [0, 0.1) is 0 Å². The molecule has 0 bridgehead atoms. The lowest BCUT2D eigenvalue weighted by molar-refractivity contribution is -0.159. The first-order chi connectivity index (χ1) is 10.3. The van der Waals surface area contributed by atoms with E-state index in [0.29, 0.717) is 31.0 Å². The summed E-state index contributed by atoms with van der Waals surface area (Å²) in [6.45, 7) is 2.40. The zero-order chi connectivity index (χ0) is 16.3. The highest BCUT2D eigenvalue weighted by atomic mass is 35.5. The van der Waals surface area contributed by atoms with Crippen molar-refractivity contribution in [2.24, 2.45) is 0 Å². The molecule has 5 nitrogen and oxygen atoms in total. The summed E-state index contributed by atoms with van der Waals surface area (Å²) in [4.78, 5) is 27.1. The van der Waals surface area contributed by atoms with Gasteiger partial charge in [-0.2, -0.15) is 0 Å². The van der Waals surface area contributed by atoms with Gasteiger partial charge in [-0.1, -0.05) is 29.8 Å². The highest BCUT2D eigenvalue weighted by Crippen LogP contribution is 2.25. The number of halogens is 1. The fraction of sp³-hybridized carbons (Fsp3) is 0.500. The summed E-state index contributed by atoms with van der Waals surface area (Å²) >= 11 is 6.10. The fourth-order valence-corrected chi connectivity index (χ4v) is 2.98. The molecular formula is C16H21ClN2O3. The monoisotopic (exact) mass is 324 g/mol. The summed E-state index contributed by atoms with van der Waals surface area (Å²) in [6, 6.07) is 7.29. The van der Waals surface area contributed by atoms with Crippen LogP contribution in [0.1, 0.15) is 25.3 Å². The van der Waals surface area contributed by atoms with Gasteiger partial charge in [0.2, 0.25) is 5.91 Å². The lowest BCUT2D eigenvalue weighted by atomic mass is 9.91. The molecule has 0 radical (unpaired) electrons. The first-order valence-corrected chi connectivity index (χ1v) is 7.68. The number of rotatable bonds is 3. The van der Waals surface area contributed by atoms with Gasteiger partial charge in [0.25, 0.3) is 5.91 Å². The van der Waals surface area contributed by atoms with Crippen molar-refractivity contribution in [2.45, 2.75) is 31.9 Å². The quantitative estimate of drug-likeness (QED) is 0.920. The summed E-state index contributed by atoms with van der Waals surface area (Å²) in [6.07, 6.45) is 0.976. The maximum Gasteiger partial charge on any atom is 0.256 e. The molecule has 120 valence electrons. The van der Waals surface area contributed by atoms with Gasteiger partial charge in [-0.05, 0) is 24.5 Å². The minimum absolute atomic E-state index is 0.0496. The number of likely N-dealkylation sites (N-methyl/N-ethyl adjacent to an activating group) is 1. The molecule has 6 heteroatoms. The van der Waals surface area contributed by atoms with E-state index in [4.69, 9.17) is 11.6 Å². The Bertz CT molecular complexity index is 578. The molecule has 0 aromatic heterocycles. The molecule has 1 aliphatic heterocycles. The number of aliphatic hydroxyl groups is 1. The van der Waals surface area contributed by atoms with Crippen molar-refractivity contribution in [3.05, 3.63) is 34.9 Å². The van der Waals surface area contributed by atoms with Gasteiger partial charge >= 0.3 is 0 Å². The van der Waals surface area contributed by atoms with E-state index in [1.807, 2.05) is 18.2 Å². The second-order valence-corrected chi connectivity index (χ2v) is 6.24. The first-order valence-electron chi connectivity index (χ1n) is 7.30. The third-order valence-corrected chi connectivity index (χ3v) is 4.40. The van der Waals surface area contributed by atoms with Crippen LogP contribution in [0.5, 0.6) is 0 Å². The molecule has 1 unspecified atom stereocenters. The maximum atomic E-state index is 12.6. The summed E-state index contributed by atoms with van der Waals surface area (Å²) in [7, 11) is 1.64. The van der Waals surface area contributed by atoms with Crippen molar-refractivity contribution in [2.75, 3.05) is 20.1 Å². The molecule has 1 fully saturated rings. The van der Waals surface area contributed by atoms with Gasteiger partial charge in [0.15, 0.2) is 5.60 Å². The molecule has 0 spiro atoms. The van der Waals surface area contributed by atoms with Crippen LogP contribution in [0.25, 0.3) is 0 Å². The van der Waals surface area contributed by atoms with Gasteiger partial charge in [-0.15, -0.1) is 0 Å². The topological polar surface area (TPSA) is 60.9 Å². The molecule has 1 aliphatic rings. The third-order valence-electron chi connectivity index (χ3n) is 4.03. The van der Waals surface area contributed by atoms with Crippen molar-refractivity contribution in [3.8, 4) is 0 Å². The average molecular weight is 325 g/mol. The van der Waals surface area contributed by atoms with Gasteiger partial charge in [-0.25, -0.2) is 0 Å². The molecule has 22 heavy (non-hydrogen) atoms. The Hall–Kier alpha value is -1.59. The molecule has 1 heterocycles. The Morgan fingerprint density at radius 1 is 1.41 bits per heavy atom. The molecule has 1 atom stereocenters. The van der Waals surface area contributed by atoms with E-state index in [9.17, 15) is 14.7 Å². The van der Waals surface area contributed by atoms with Crippen LogP contribution >= 0.6 is 11.6 Å². The highest BCUT2D eigenvalue weighted by Gasteiger charge is 2.42. The molecule has 1 aromatic rings. The summed E-state index contributed by atoms with van der Waals surface area (Å²) in [5, 5.41) is 11.2. The zero-order valence-corrected chi connectivity index (χ0v) is 13.6. The molecule has 1 aromatic carbocycles. The number of carbonyl (C=O) groups excluding carboxylic acids is 2. The van der Waals surface area contributed by atoms with E-state index in [0.717, 1.165) is 5.56 Å². The predicted octanol–water partition coefficient (Wildman–Crippen LogP) is 1.67. The van der Waals surface area contributed by atoms with Gasteiger partial charge in [0.05, 0.1) is 6.54 Å². The Morgan fingerprint density at radius 3 is 2.73 bits per heavy atom. The number of nitrogens with zero attached hydrogens (tertiary/aromatic N) is 2. The van der Waals surface area contributed by atoms with Crippen molar-refractivity contribution >= 4 is 23.4 Å². The standard InChI is InChI=1S/C16H21ClN2O3/c1-12(20)19-9-5-8-16(22,11-19)15(21)18(2)10-13-6-3-4-7-14(13)17/h3-4,6-7,22H,5,8-11H2,1-2H3. The largest absolute Gasteiger partial charge is 0.378 e. The molecule has 0 aliphatic carbocycles. The summed E-state index contributed by atoms with van der Waals surface area (Å²) in [5.41, 5.74) is -0.692. The van der Waals surface area contributed by atoms with Crippen LogP contribution in [0.15, 0.2) is 24.3 Å². The van der Waals surface area contributed by atoms with Crippen LogP contribution < -0.4 is 0 Å². The maximum absolute atomic E-state index is 12.6. The van der Waals surface area contributed by atoms with Crippen LogP contribution in [-0.4, -0.2) is 52.5 Å². The number of hydrogen-bond donors (Lipinski definition) is 1. The smallest absolute Gasteiger partial charge is 0.256 e.